The zero-order valence-corrected chi connectivity index (χ0v) is 7.32. The first-order valence-electron chi connectivity index (χ1n) is 4.13. The predicted octanol–water partition coefficient (Wildman–Crippen LogP) is 3.05. The molecule has 0 heterocycles. The highest BCUT2D eigenvalue weighted by atomic mass is 32.1. The van der Waals surface area contributed by atoms with Crippen molar-refractivity contribution in [2.45, 2.75) is 37.4 Å². The third-order valence-electron chi connectivity index (χ3n) is 2.34. The Morgan fingerprint density at radius 3 is 2.70 bits per heavy atom. The van der Waals surface area contributed by atoms with Crippen molar-refractivity contribution in [1.82, 2.24) is 0 Å². The summed E-state index contributed by atoms with van der Waals surface area (Å²) in [6.07, 6.45) is 8.63. The Bertz CT molecular complexity index is 109. The lowest BCUT2D eigenvalue weighted by Gasteiger charge is -2.26. The summed E-state index contributed by atoms with van der Waals surface area (Å²) in [7, 11) is 0. The smallest absolute Gasteiger partial charge is 0.00480 e. The highest BCUT2D eigenvalue weighted by molar-refractivity contribution is 7.81. The van der Waals surface area contributed by atoms with Gasteiger partial charge in [0.05, 0.1) is 0 Å². The van der Waals surface area contributed by atoms with Gasteiger partial charge in [0.15, 0.2) is 0 Å². The monoisotopic (exact) mass is 156 g/mol. The Morgan fingerprint density at radius 2 is 2.10 bits per heavy atom. The van der Waals surface area contributed by atoms with E-state index in [1.165, 1.54) is 25.7 Å². The number of thiol groups is 1. The molecule has 58 valence electrons. The highest BCUT2D eigenvalue weighted by Crippen LogP contribution is 2.30. The second-order valence-electron chi connectivity index (χ2n) is 3.14. The fraction of sp³-hybridized carbons (Fsp3) is 0.778. The van der Waals surface area contributed by atoms with Crippen LogP contribution in [0.25, 0.3) is 0 Å². The number of hydrogen-bond donors (Lipinski definition) is 1. The molecule has 0 saturated heterocycles. The predicted molar refractivity (Wildman–Crippen MR) is 49.5 cm³/mol. The summed E-state index contributed by atoms with van der Waals surface area (Å²) in [6.45, 7) is 3.76. The summed E-state index contributed by atoms with van der Waals surface area (Å²) in [4.78, 5) is 0. The normalized spacial score (nSPS) is 33.7. The molecule has 0 spiro atoms. The van der Waals surface area contributed by atoms with E-state index in [1.807, 2.05) is 6.08 Å². The van der Waals surface area contributed by atoms with Crippen LogP contribution in [0.2, 0.25) is 0 Å². The highest BCUT2D eigenvalue weighted by Gasteiger charge is 2.19. The van der Waals surface area contributed by atoms with Crippen LogP contribution in [0, 0.1) is 5.92 Å². The second kappa shape index (κ2) is 4.07. The van der Waals surface area contributed by atoms with Gasteiger partial charge in [0.2, 0.25) is 0 Å². The topological polar surface area (TPSA) is 0 Å². The molecule has 0 aromatic heterocycles. The van der Waals surface area contributed by atoms with E-state index in [0.29, 0.717) is 5.25 Å². The average Bonchev–Trinajstić information content (AvgIpc) is 1.94. The summed E-state index contributed by atoms with van der Waals surface area (Å²) in [5.74, 6) is 0.814. The molecule has 1 aliphatic carbocycles. The van der Waals surface area contributed by atoms with Gasteiger partial charge < -0.3 is 0 Å². The van der Waals surface area contributed by atoms with Crippen molar-refractivity contribution in [3.8, 4) is 0 Å². The minimum Gasteiger partial charge on any atom is -0.176 e. The summed E-state index contributed by atoms with van der Waals surface area (Å²) >= 11 is 4.54. The standard InChI is InChI=1S/C9H16S/c1-2-5-8-6-3-4-7-9(8)10/h2,8-10H,1,3-7H2. The van der Waals surface area contributed by atoms with Gasteiger partial charge in [-0.1, -0.05) is 18.9 Å². The molecule has 2 atom stereocenters. The molecule has 0 nitrogen and oxygen atoms in total. The Morgan fingerprint density at radius 1 is 1.40 bits per heavy atom. The summed E-state index contributed by atoms with van der Waals surface area (Å²) in [6, 6.07) is 0. The first-order chi connectivity index (χ1) is 4.84. The van der Waals surface area contributed by atoms with Gasteiger partial charge in [-0.3, -0.25) is 0 Å². The molecule has 0 aromatic carbocycles. The Kier molecular flexibility index (Phi) is 3.33. The van der Waals surface area contributed by atoms with Crippen molar-refractivity contribution >= 4 is 12.6 Å². The van der Waals surface area contributed by atoms with Crippen molar-refractivity contribution in [2.75, 3.05) is 0 Å². The molecule has 2 unspecified atom stereocenters. The molecule has 1 aliphatic rings. The molecular formula is C9H16S. The number of allylic oxidation sites excluding steroid dienone is 1. The van der Waals surface area contributed by atoms with Gasteiger partial charge in [-0.25, -0.2) is 0 Å². The van der Waals surface area contributed by atoms with Crippen LogP contribution < -0.4 is 0 Å². The van der Waals surface area contributed by atoms with Crippen LogP contribution in [-0.4, -0.2) is 5.25 Å². The van der Waals surface area contributed by atoms with Crippen LogP contribution in [-0.2, 0) is 0 Å². The SMILES string of the molecule is C=CCC1CCCCC1S. The Labute approximate surface area is 69.1 Å². The maximum Gasteiger partial charge on any atom is 0.00480 e. The average molecular weight is 156 g/mol. The van der Waals surface area contributed by atoms with E-state index in [4.69, 9.17) is 0 Å². The molecule has 0 aliphatic heterocycles. The maximum atomic E-state index is 4.54. The van der Waals surface area contributed by atoms with E-state index in [0.717, 1.165) is 12.3 Å². The fourth-order valence-electron chi connectivity index (χ4n) is 1.68. The van der Waals surface area contributed by atoms with E-state index in [2.05, 4.69) is 19.2 Å². The first-order valence-corrected chi connectivity index (χ1v) is 4.65. The maximum absolute atomic E-state index is 4.54. The zero-order valence-electron chi connectivity index (χ0n) is 6.42. The zero-order chi connectivity index (χ0) is 7.40. The summed E-state index contributed by atoms with van der Waals surface area (Å²) in [5.41, 5.74) is 0. The molecule has 0 amide bonds. The first kappa shape index (κ1) is 8.19. The van der Waals surface area contributed by atoms with Gasteiger partial charge in [-0.2, -0.15) is 12.6 Å². The molecular weight excluding hydrogens is 140 g/mol. The largest absolute Gasteiger partial charge is 0.176 e. The third-order valence-corrected chi connectivity index (χ3v) is 3.02. The van der Waals surface area contributed by atoms with Crippen LogP contribution in [0.1, 0.15) is 32.1 Å². The van der Waals surface area contributed by atoms with Crippen LogP contribution >= 0.6 is 12.6 Å². The second-order valence-corrected chi connectivity index (χ2v) is 3.80. The molecule has 1 fully saturated rings. The minimum absolute atomic E-state index is 0.645. The van der Waals surface area contributed by atoms with Crippen LogP contribution in [0.3, 0.4) is 0 Å². The van der Waals surface area contributed by atoms with E-state index in [1.54, 1.807) is 0 Å². The molecule has 1 rings (SSSR count). The van der Waals surface area contributed by atoms with Gasteiger partial charge in [0.1, 0.15) is 0 Å². The van der Waals surface area contributed by atoms with E-state index in [-0.39, 0.29) is 0 Å². The van der Waals surface area contributed by atoms with E-state index < -0.39 is 0 Å². The molecule has 0 N–H and O–H groups in total. The minimum atomic E-state index is 0.645. The van der Waals surface area contributed by atoms with Crippen LogP contribution in [0.4, 0.5) is 0 Å². The Hall–Kier alpha value is 0.0900. The van der Waals surface area contributed by atoms with Crippen molar-refractivity contribution in [3.63, 3.8) is 0 Å². The van der Waals surface area contributed by atoms with Gasteiger partial charge in [-0.15, -0.1) is 6.58 Å². The number of hydrogen-bond acceptors (Lipinski definition) is 1. The molecule has 1 saturated carbocycles. The number of rotatable bonds is 2. The van der Waals surface area contributed by atoms with Crippen molar-refractivity contribution in [1.29, 1.82) is 0 Å². The van der Waals surface area contributed by atoms with Gasteiger partial charge in [0.25, 0.3) is 0 Å². The molecule has 10 heavy (non-hydrogen) atoms. The lowest BCUT2D eigenvalue weighted by molar-refractivity contribution is 0.375. The van der Waals surface area contributed by atoms with Crippen LogP contribution in [0.5, 0.6) is 0 Å². The molecule has 1 heteroatoms. The molecule has 0 aromatic rings. The molecule has 0 radical (unpaired) electrons. The summed E-state index contributed by atoms with van der Waals surface area (Å²) in [5, 5.41) is 0.645. The fourth-order valence-corrected chi connectivity index (χ4v) is 2.13. The van der Waals surface area contributed by atoms with Crippen molar-refractivity contribution < 1.29 is 0 Å². The van der Waals surface area contributed by atoms with Gasteiger partial charge in [0, 0.05) is 5.25 Å². The van der Waals surface area contributed by atoms with Crippen molar-refractivity contribution in [2.24, 2.45) is 5.92 Å². The van der Waals surface area contributed by atoms with E-state index in [9.17, 15) is 0 Å². The van der Waals surface area contributed by atoms with E-state index >= 15 is 0 Å². The van der Waals surface area contributed by atoms with Gasteiger partial charge >= 0.3 is 0 Å². The Balaban J connectivity index is 2.32. The third kappa shape index (κ3) is 2.05. The lowest BCUT2D eigenvalue weighted by atomic mass is 9.86. The lowest BCUT2D eigenvalue weighted by Crippen LogP contribution is -2.18. The quantitative estimate of drug-likeness (QED) is 0.461. The summed E-state index contributed by atoms with van der Waals surface area (Å²) < 4.78 is 0. The van der Waals surface area contributed by atoms with Crippen LogP contribution in [0.15, 0.2) is 12.7 Å². The van der Waals surface area contributed by atoms with Crippen molar-refractivity contribution in [3.05, 3.63) is 12.7 Å². The van der Waals surface area contributed by atoms with Gasteiger partial charge in [-0.05, 0) is 25.2 Å². The molecule has 0 bridgehead atoms.